The van der Waals surface area contributed by atoms with E-state index in [0.29, 0.717) is 24.8 Å². The molecule has 116 valence electrons. The van der Waals surface area contributed by atoms with Gasteiger partial charge in [-0.1, -0.05) is 30.7 Å². The Labute approximate surface area is 131 Å². The number of benzene rings is 1. The summed E-state index contributed by atoms with van der Waals surface area (Å²) in [6, 6.07) is 7.63. The lowest BCUT2D eigenvalue weighted by Crippen LogP contribution is -2.43. The van der Waals surface area contributed by atoms with Crippen LogP contribution in [-0.4, -0.2) is 36.1 Å². The van der Waals surface area contributed by atoms with Crippen LogP contribution in [-0.2, 0) is 9.53 Å². The molecule has 0 saturated carbocycles. The Morgan fingerprint density at radius 1 is 1.33 bits per heavy atom. The molecule has 2 rings (SSSR count). The molecule has 0 spiro atoms. The quantitative estimate of drug-likeness (QED) is 0.821. The zero-order valence-electron chi connectivity index (χ0n) is 12.9. The van der Waals surface area contributed by atoms with Gasteiger partial charge in [0, 0.05) is 18.2 Å². The van der Waals surface area contributed by atoms with Gasteiger partial charge in [0.2, 0.25) is 5.91 Å². The van der Waals surface area contributed by atoms with Crippen LogP contribution in [0.3, 0.4) is 0 Å². The maximum atomic E-state index is 12.7. The molecular weight excluding hydrogens is 288 g/mol. The van der Waals surface area contributed by atoms with Crippen molar-refractivity contribution in [1.82, 2.24) is 10.2 Å². The van der Waals surface area contributed by atoms with E-state index in [1.165, 1.54) is 0 Å². The maximum Gasteiger partial charge on any atom is 0.244 e. The predicted octanol–water partition coefficient (Wildman–Crippen LogP) is 2.98. The van der Waals surface area contributed by atoms with E-state index >= 15 is 0 Å². The number of carbonyl (C=O) groups excluding carboxylic acids is 1. The van der Waals surface area contributed by atoms with E-state index < -0.39 is 5.54 Å². The zero-order valence-corrected chi connectivity index (χ0v) is 13.6. The third-order valence-corrected chi connectivity index (χ3v) is 4.33. The molecule has 1 heterocycles. The maximum absolute atomic E-state index is 12.7. The van der Waals surface area contributed by atoms with Crippen molar-refractivity contribution in [3.05, 3.63) is 34.9 Å². The fourth-order valence-electron chi connectivity index (χ4n) is 2.58. The minimum absolute atomic E-state index is 0.125. The highest BCUT2D eigenvalue weighted by Gasteiger charge is 2.46. The molecule has 1 amide bonds. The van der Waals surface area contributed by atoms with Crippen molar-refractivity contribution < 1.29 is 9.53 Å². The molecule has 1 aromatic rings. The number of rotatable bonds is 6. The van der Waals surface area contributed by atoms with Gasteiger partial charge in [0.15, 0.2) is 0 Å². The molecule has 0 radical (unpaired) electrons. The highest BCUT2D eigenvalue weighted by molar-refractivity contribution is 6.30. The summed E-state index contributed by atoms with van der Waals surface area (Å²) in [5, 5.41) is 4.15. The van der Waals surface area contributed by atoms with E-state index in [9.17, 15) is 4.79 Å². The van der Waals surface area contributed by atoms with Gasteiger partial charge in [-0.3, -0.25) is 10.1 Å². The van der Waals surface area contributed by atoms with Crippen molar-refractivity contribution in [2.24, 2.45) is 0 Å². The van der Waals surface area contributed by atoms with Crippen LogP contribution in [0.1, 0.15) is 38.9 Å². The van der Waals surface area contributed by atoms with Crippen molar-refractivity contribution >= 4 is 17.5 Å². The Kier molecular flexibility index (Phi) is 5.25. The number of carbonyl (C=O) groups is 1. The fourth-order valence-corrected chi connectivity index (χ4v) is 2.70. The molecule has 0 aliphatic carbocycles. The van der Waals surface area contributed by atoms with Gasteiger partial charge in [0.25, 0.3) is 0 Å². The van der Waals surface area contributed by atoms with Gasteiger partial charge in [0.1, 0.15) is 6.17 Å². The normalized spacial score (nSPS) is 25.6. The molecule has 2 unspecified atom stereocenters. The predicted molar refractivity (Wildman–Crippen MR) is 84.2 cm³/mol. The van der Waals surface area contributed by atoms with E-state index in [0.717, 1.165) is 12.0 Å². The SMILES string of the molecule is CCOCCN1C(=O)C(C)(CC)NC1c1ccc(Cl)cc1. The highest BCUT2D eigenvalue weighted by Crippen LogP contribution is 2.32. The molecule has 21 heavy (non-hydrogen) atoms. The molecule has 2 atom stereocenters. The molecule has 5 heteroatoms. The molecule has 1 fully saturated rings. The molecule has 1 N–H and O–H groups in total. The summed E-state index contributed by atoms with van der Waals surface area (Å²) in [4.78, 5) is 14.5. The Hall–Kier alpha value is -1.10. The Morgan fingerprint density at radius 3 is 2.57 bits per heavy atom. The number of hydrogen-bond donors (Lipinski definition) is 1. The first-order valence-corrected chi connectivity index (χ1v) is 7.81. The molecule has 4 nitrogen and oxygen atoms in total. The van der Waals surface area contributed by atoms with E-state index in [1.807, 2.05) is 49.9 Å². The van der Waals surface area contributed by atoms with Gasteiger partial charge >= 0.3 is 0 Å². The largest absolute Gasteiger partial charge is 0.380 e. The van der Waals surface area contributed by atoms with Crippen molar-refractivity contribution in [3.63, 3.8) is 0 Å². The van der Waals surface area contributed by atoms with Crippen LogP contribution in [0.2, 0.25) is 5.02 Å². The third kappa shape index (κ3) is 3.39. The minimum Gasteiger partial charge on any atom is -0.380 e. The van der Waals surface area contributed by atoms with Gasteiger partial charge in [-0.2, -0.15) is 0 Å². The summed E-state index contributed by atoms with van der Waals surface area (Å²) in [6.07, 6.45) is 0.626. The second kappa shape index (κ2) is 6.77. The van der Waals surface area contributed by atoms with E-state index in [-0.39, 0.29) is 12.1 Å². The topological polar surface area (TPSA) is 41.6 Å². The molecule has 0 aromatic heterocycles. The zero-order chi connectivity index (χ0) is 15.5. The first-order chi connectivity index (χ1) is 10.0. The summed E-state index contributed by atoms with van der Waals surface area (Å²) >= 11 is 5.95. The number of hydrogen-bond acceptors (Lipinski definition) is 3. The smallest absolute Gasteiger partial charge is 0.244 e. The Bertz CT molecular complexity index is 492. The molecule has 0 bridgehead atoms. The lowest BCUT2D eigenvalue weighted by molar-refractivity contribution is -0.133. The van der Waals surface area contributed by atoms with Gasteiger partial charge < -0.3 is 9.64 Å². The van der Waals surface area contributed by atoms with E-state index in [1.54, 1.807) is 0 Å². The van der Waals surface area contributed by atoms with E-state index in [4.69, 9.17) is 16.3 Å². The van der Waals surface area contributed by atoms with Crippen molar-refractivity contribution in [1.29, 1.82) is 0 Å². The summed E-state index contributed by atoms with van der Waals surface area (Å²) in [5.41, 5.74) is 0.526. The summed E-state index contributed by atoms with van der Waals surface area (Å²) in [6.45, 7) is 7.73. The van der Waals surface area contributed by atoms with Crippen LogP contribution < -0.4 is 5.32 Å². The highest BCUT2D eigenvalue weighted by atomic mass is 35.5. The van der Waals surface area contributed by atoms with Crippen molar-refractivity contribution in [3.8, 4) is 0 Å². The Morgan fingerprint density at radius 2 is 2.00 bits per heavy atom. The third-order valence-electron chi connectivity index (χ3n) is 4.07. The van der Waals surface area contributed by atoms with Crippen LogP contribution in [0.15, 0.2) is 24.3 Å². The van der Waals surface area contributed by atoms with Gasteiger partial charge in [-0.15, -0.1) is 0 Å². The van der Waals surface area contributed by atoms with Crippen LogP contribution in [0, 0.1) is 0 Å². The number of halogens is 1. The number of ether oxygens (including phenoxy) is 1. The number of nitrogens with zero attached hydrogens (tertiary/aromatic N) is 1. The summed E-state index contributed by atoms with van der Waals surface area (Å²) in [5.74, 6) is 0.129. The average Bonchev–Trinajstić information content (AvgIpc) is 2.74. The van der Waals surface area contributed by atoms with Gasteiger partial charge in [0.05, 0.1) is 12.1 Å². The summed E-state index contributed by atoms with van der Waals surface area (Å²) < 4.78 is 5.41. The molecule has 1 aromatic carbocycles. The molecular formula is C16H23ClN2O2. The van der Waals surface area contributed by atoms with Gasteiger partial charge in [-0.25, -0.2) is 0 Å². The standard InChI is InChI=1S/C16H23ClN2O2/c1-4-16(3)15(20)19(10-11-21-5-2)14(18-16)12-6-8-13(17)9-7-12/h6-9,14,18H,4-5,10-11H2,1-3H3. The lowest BCUT2D eigenvalue weighted by atomic mass is 9.99. The summed E-state index contributed by atoms with van der Waals surface area (Å²) in [7, 11) is 0. The number of nitrogens with one attached hydrogen (secondary N) is 1. The van der Waals surface area contributed by atoms with Crippen molar-refractivity contribution in [2.75, 3.05) is 19.8 Å². The monoisotopic (exact) mass is 310 g/mol. The van der Waals surface area contributed by atoms with E-state index in [2.05, 4.69) is 5.32 Å². The van der Waals surface area contributed by atoms with Crippen LogP contribution in [0.5, 0.6) is 0 Å². The van der Waals surface area contributed by atoms with Crippen LogP contribution in [0.25, 0.3) is 0 Å². The molecule has 1 aliphatic heterocycles. The first kappa shape index (κ1) is 16.3. The molecule has 1 saturated heterocycles. The lowest BCUT2D eigenvalue weighted by Gasteiger charge is -2.24. The van der Waals surface area contributed by atoms with Gasteiger partial charge in [-0.05, 0) is 38.0 Å². The molecule has 1 aliphatic rings. The average molecular weight is 311 g/mol. The van der Waals surface area contributed by atoms with Crippen LogP contribution in [0.4, 0.5) is 0 Å². The van der Waals surface area contributed by atoms with Crippen LogP contribution >= 0.6 is 11.6 Å². The minimum atomic E-state index is -0.517. The first-order valence-electron chi connectivity index (χ1n) is 7.43. The second-order valence-corrected chi connectivity index (χ2v) is 5.92. The van der Waals surface area contributed by atoms with Crippen molar-refractivity contribution in [2.45, 2.75) is 38.9 Å². The fraction of sp³-hybridized carbons (Fsp3) is 0.562. The second-order valence-electron chi connectivity index (χ2n) is 5.48. The Balaban J connectivity index is 2.23. The number of amides is 1.